The van der Waals surface area contributed by atoms with Crippen LogP contribution >= 0.6 is 0 Å². The number of hydrogen-bond acceptors (Lipinski definition) is 2. The Kier molecular flexibility index (Phi) is 9.17. The van der Waals surface area contributed by atoms with Gasteiger partial charge in [0.05, 0.1) is 14.2 Å². The lowest BCUT2D eigenvalue weighted by molar-refractivity contribution is 0.374. The summed E-state index contributed by atoms with van der Waals surface area (Å²) in [6.45, 7) is 18.3. The molecule has 0 heterocycles. The SMILES string of the molecule is CC(C)C[Si](CC(C)C)c1c(CC=CS(=O)(=O)O)cccc1C(C)(C)C(C)C. The van der Waals surface area contributed by atoms with Crippen molar-refractivity contribution < 1.29 is 13.0 Å². The molecular formula is C23H39O3SSi. The van der Waals surface area contributed by atoms with E-state index in [4.69, 9.17) is 4.55 Å². The highest BCUT2D eigenvalue weighted by atomic mass is 32.2. The molecule has 0 bridgehead atoms. The van der Waals surface area contributed by atoms with E-state index in [-0.39, 0.29) is 5.41 Å². The highest BCUT2D eigenvalue weighted by molar-refractivity contribution is 7.88. The Morgan fingerprint density at radius 1 is 1.04 bits per heavy atom. The molecule has 0 aliphatic rings. The molecule has 1 aromatic carbocycles. The van der Waals surface area contributed by atoms with E-state index in [0.717, 1.165) is 5.41 Å². The Morgan fingerprint density at radius 3 is 2.00 bits per heavy atom. The van der Waals surface area contributed by atoms with Crippen LogP contribution in [0.3, 0.4) is 0 Å². The van der Waals surface area contributed by atoms with Crippen molar-refractivity contribution in [3.05, 3.63) is 40.8 Å². The molecule has 0 saturated carbocycles. The molecule has 1 radical (unpaired) electrons. The second kappa shape index (κ2) is 10.2. The van der Waals surface area contributed by atoms with Crippen molar-refractivity contribution in [2.24, 2.45) is 17.8 Å². The summed E-state index contributed by atoms with van der Waals surface area (Å²) >= 11 is 0. The highest BCUT2D eigenvalue weighted by Gasteiger charge is 2.32. The molecule has 1 rings (SSSR count). The van der Waals surface area contributed by atoms with E-state index < -0.39 is 18.9 Å². The molecule has 0 atom stereocenters. The van der Waals surface area contributed by atoms with Crippen molar-refractivity contribution in [1.82, 2.24) is 0 Å². The number of hydrogen-bond donors (Lipinski definition) is 1. The molecule has 0 fully saturated rings. The number of rotatable bonds is 10. The molecular weight excluding hydrogens is 384 g/mol. The molecule has 0 amide bonds. The van der Waals surface area contributed by atoms with Crippen molar-refractivity contribution in [2.75, 3.05) is 0 Å². The van der Waals surface area contributed by atoms with Crippen LogP contribution in [0.25, 0.3) is 0 Å². The molecule has 3 nitrogen and oxygen atoms in total. The maximum atomic E-state index is 11.1. The first-order valence-electron chi connectivity index (χ1n) is 10.4. The standard InChI is InChI=1S/C23H39O3SSi/c1-17(2)15-28(16-18(3)4)22-20(12-10-14-27(24,25)26)11-9-13-21(22)23(7,8)19(5)6/h9-11,13-14,17-19H,12,15-16H2,1-8H3,(H,24,25,26). The fraction of sp³-hybridized carbons (Fsp3) is 0.652. The minimum Gasteiger partial charge on any atom is -0.282 e. The Bertz CT molecular complexity index is 752. The van der Waals surface area contributed by atoms with E-state index >= 15 is 0 Å². The van der Waals surface area contributed by atoms with Crippen molar-refractivity contribution in [2.45, 2.75) is 79.3 Å². The summed E-state index contributed by atoms with van der Waals surface area (Å²) in [5.41, 5.74) is 2.67. The summed E-state index contributed by atoms with van der Waals surface area (Å²) in [5.74, 6) is 1.75. The Labute approximate surface area is 175 Å². The normalized spacial score (nSPS) is 13.6. The largest absolute Gasteiger partial charge is 0.287 e. The van der Waals surface area contributed by atoms with E-state index in [2.05, 4.69) is 73.6 Å². The molecule has 0 saturated heterocycles. The van der Waals surface area contributed by atoms with Gasteiger partial charge in [0, 0.05) is 0 Å². The quantitative estimate of drug-likeness (QED) is 0.395. The summed E-state index contributed by atoms with van der Waals surface area (Å²) in [4.78, 5) is 0. The molecule has 0 aliphatic heterocycles. The van der Waals surface area contributed by atoms with Gasteiger partial charge in [0.15, 0.2) is 0 Å². The minimum atomic E-state index is -4.09. The second-order valence-corrected chi connectivity index (χ2v) is 13.4. The first-order chi connectivity index (χ1) is 12.8. The third-order valence-corrected chi connectivity index (χ3v) is 10.0. The van der Waals surface area contributed by atoms with Gasteiger partial charge in [-0.1, -0.05) is 96.9 Å². The average molecular weight is 424 g/mol. The molecule has 28 heavy (non-hydrogen) atoms. The van der Waals surface area contributed by atoms with Crippen LogP contribution in [0.1, 0.15) is 66.5 Å². The van der Waals surface area contributed by atoms with Crippen LogP contribution in [0, 0.1) is 17.8 Å². The maximum Gasteiger partial charge on any atom is 0.287 e. The summed E-state index contributed by atoms with van der Waals surface area (Å²) < 4.78 is 31.3. The summed E-state index contributed by atoms with van der Waals surface area (Å²) in [7, 11) is -4.90. The Hall–Kier alpha value is -0.913. The third-order valence-electron chi connectivity index (χ3n) is 5.56. The third kappa shape index (κ3) is 7.49. The number of allylic oxidation sites excluding steroid dienone is 1. The molecule has 5 heteroatoms. The first kappa shape index (κ1) is 25.1. The average Bonchev–Trinajstić information content (AvgIpc) is 2.51. The van der Waals surface area contributed by atoms with Crippen molar-refractivity contribution in [3.8, 4) is 0 Å². The Morgan fingerprint density at radius 2 is 1.57 bits per heavy atom. The molecule has 0 unspecified atom stereocenters. The lowest BCUT2D eigenvalue weighted by Crippen LogP contribution is -2.43. The van der Waals surface area contributed by atoms with Crippen LogP contribution in [0.15, 0.2) is 29.7 Å². The van der Waals surface area contributed by atoms with Gasteiger partial charge in [-0.05, 0) is 40.7 Å². The first-order valence-corrected chi connectivity index (χ1v) is 13.8. The summed E-state index contributed by atoms with van der Waals surface area (Å²) in [6.07, 6.45) is 2.10. The lowest BCUT2D eigenvalue weighted by Gasteiger charge is -2.36. The Balaban J connectivity index is 3.60. The van der Waals surface area contributed by atoms with Crippen molar-refractivity contribution in [1.29, 1.82) is 0 Å². The molecule has 0 spiro atoms. The minimum absolute atomic E-state index is 0.0436. The monoisotopic (exact) mass is 423 g/mol. The van der Waals surface area contributed by atoms with Gasteiger partial charge in [-0.15, -0.1) is 0 Å². The second-order valence-electron chi connectivity index (χ2n) is 9.61. The molecule has 159 valence electrons. The van der Waals surface area contributed by atoms with Gasteiger partial charge in [0.2, 0.25) is 0 Å². The van der Waals surface area contributed by atoms with Crippen LogP contribution in [0.5, 0.6) is 0 Å². The zero-order valence-corrected chi connectivity index (χ0v) is 20.7. The van der Waals surface area contributed by atoms with Crippen molar-refractivity contribution in [3.63, 3.8) is 0 Å². The smallest absolute Gasteiger partial charge is 0.282 e. The molecule has 1 aromatic rings. The zero-order chi connectivity index (χ0) is 21.7. The van der Waals surface area contributed by atoms with E-state index in [9.17, 15) is 8.42 Å². The van der Waals surface area contributed by atoms with Gasteiger partial charge < -0.3 is 0 Å². The zero-order valence-electron chi connectivity index (χ0n) is 18.9. The van der Waals surface area contributed by atoms with Crippen LogP contribution in [-0.4, -0.2) is 21.8 Å². The number of benzene rings is 1. The predicted octanol–water partition coefficient (Wildman–Crippen LogP) is 5.58. The fourth-order valence-electron chi connectivity index (χ4n) is 3.61. The van der Waals surface area contributed by atoms with Crippen molar-refractivity contribution >= 4 is 24.1 Å². The maximum absolute atomic E-state index is 11.1. The van der Waals surface area contributed by atoms with Crippen LogP contribution in [0.2, 0.25) is 12.1 Å². The van der Waals surface area contributed by atoms with Gasteiger partial charge >= 0.3 is 0 Å². The summed E-state index contributed by atoms with van der Waals surface area (Å²) in [6, 6.07) is 8.93. The van der Waals surface area contributed by atoms with E-state index in [1.807, 2.05) is 0 Å². The highest BCUT2D eigenvalue weighted by Crippen LogP contribution is 2.32. The van der Waals surface area contributed by atoms with Gasteiger partial charge in [0.1, 0.15) is 0 Å². The van der Waals surface area contributed by atoms with Crippen LogP contribution in [0.4, 0.5) is 0 Å². The fourth-order valence-corrected chi connectivity index (χ4v) is 7.92. The van der Waals surface area contributed by atoms with Gasteiger partial charge in [0.25, 0.3) is 10.1 Å². The van der Waals surface area contributed by atoms with Gasteiger partial charge in [-0.2, -0.15) is 8.42 Å². The molecule has 0 aliphatic carbocycles. The van der Waals surface area contributed by atoms with E-state index in [1.165, 1.54) is 28.4 Å². The van der Waals surface area contributed by atoms with Gasteiger partial charge in [-0.3, -0.25) is 4.55 Å². The molecule has 0 aromatic heterocycles. The molecule has 1 N–H and O–H groups in total. The lowest BCUT2D eigenvalue weighted by atomic mass is 9.74. The van der Waals surface area contributed by atoms with E-state index in [0.29, 0.717) is 24.2 Å². The predicted molar refractivity (Wildman–Crippen MR) is 123 cm³/mol. The van der Waals surface area contributed by atoms with Gasteiger partial charge in [-0.25, -0.2) is 0 Å². The van der Waals surface area contributed by atoms with Crippen LogP contribution in [-0.2, 0) is 22.0 Å². The van der Waals surface area contributed by atoms with Crippen LogP contribution < -0.4 is 5.19 Å². The van der Waals surface area contributed by atoms with E-state index in [1.54, 1.807) is 6.08 Å². The topological polar surface area (TPSA) is 54.4 Å². The summed E-state index contributed by atoms with van der Waals surface area (Å²) in [5, 5.41) is 2.39.